The number of ether oxygens (including phenoxy) is 1. The lowest BCUT2D eigenvalue weighted by Gasteiger charge is -2.15. The molecule has 1 heterocycles. The van der Waals surface area contributed by atoms with Crippen molar-refractivity contribution in [3.63, 3.8) is 0 Å². The molecule has 1 unspecified atom stereocenters. The van der Waals surface area contributed by atoms with Gasteiger partial charge in [0.25, 0.3) is 5.91 Å². The minimum atomic E-state index is -1.09. The molecule has 2 rings (SSSR count). The Morgan fingerprint density at radius 3 is 2.69 bits per heavy atom. The molecular weight excluding hydrogens is 336 g/mol. The van der Waals surface area contributed by atoms with Gasteiger partial charge in [0.2, 0.25) is 0 Å². The van der Waals surface area contributed by atoms with E-state index in [1.54, 1.807) is 50.3 Å². The van der Waals surface area contributed by atoms with Crippen LogP contribution in [-0.2, 0) is 11.4 Å². The van der Waals surface area contributed by atoms with E-state index in [4.69, 9.17) is 9.26 Å². The molecule has 26 heavy (non-hydrogen) atoms. The van der Waals surface area contributed by atoms with Gasteiger partial charge in [0.15, 0.2) is 0 Å². The summed E-state index contributed by atoms with van der Waals surface area (Å²) in [5.74, 6) is -0.580. The number of carboxylic acids is 1. The predicted molar refractivity (Wildman–Crippen MR) is 95.1 cm³/mol. The van der Waals surface area contributed by atoms with Crippen molar-refractivity contribution >= 4 is 11.9 Å². The number of aliphatic carboxylic acids is 1. The Hall–Kier alpha value is -3.09. The Morgan fingerprint density at radius 2 is 2.08 bits per heavy atom. The lowest BCUT2D eigenvalue weighted by Crippen LogP contribution is -2.40. The van der Waals surface area contributed by atoms with Crippen LogP contribution in [-0.4, -0.2) is 28.2 Å². The molecule has 1 atom stereocenters. The second kappa shape index (κ2) is 8.84. The summed E-state index contributed by atoms with van der Waals surface area (Å²) in [4.78, 5) is 23.8. The number of carbonyl (C=O) groups excluding carboxylic acids is 1. The maximum absolute atomic E-state index is 12.5. The maximum Gasteiger partial charge on any atom is 0.326 e. The van der Waals surface area contributed by atoms with E-state index in [0.29, 0.717) is 11.5 Å². The molecule has 0 aliphatic heterocycles. The van der Waals surface area contributed by atoms with Crippen LogP contribution in [0.1, 0.15) is 40.7 Å². The zero-order valence-corrected chi connectivity index (χ0v) is 15.0. The zero-order chi connectivity index (χ0) is 19.1. The molecule has 0 aliphatic carbocycles. The van der Waals surface area contributed by atoms with Crippen molar-refractivity contribution in [2.75, 3.05) is 0 Å². The summed E-state index contributed by atoms with van der Waals surface area (Å²) in [5.41, 5.74) is 1.81. The molecule has 7 nitrogen and oxygen atoms in total. The van der Waals surface area contributed by atoms with Gasteiger partial charge in [0.1, 0.15) is 24.2 Å². The number of nitrogens with one attached hydrogen (secondary N) is 1. The smallest absolute Gasteiger partial charge is 0.326 e. The highest BCUT2D eigenvalue weighted by molar-refractivity contribution is 5.98. The predicted octanol–water partition coefficient (Wildman–Crippen LogP) is 3.02. The molecule has 7 heteroatoms. The average molecular weight is 358 g/mol. The second-order valence-corrected chi connectivity index (χ2v) is 5.76. The molecule has 2 N–H and O–H groups in total. The van der Waals surface area contributed by atoms with Crippen molar-refractivity contribution in [2.45, 2.75) is 39.8 Å². The third-order valence-electron chi connectivity index (χ3n) is 3.90. The number of nitrogens with zero attached hydrogens (tertiary/aromatic N) is 1. The number of carbonyl (C=O) groups is 2. The van der Waals surface area contributed by atoms with Crippen molar-refractivity contribution in [2.24, 2.45) is 0 Å². The SMILES string of the molecule is C/C=C/CC(NC(=O)c1ccccc1OCc1c(C)noc1C)C(=O)O. The summed E-state index contributed by atoms with van der Waals surface area (Å²) in [6.45, 7) is 5.59. The zero-order valence-electron chi connectivity index (χ0n) is 15.0. The first-order valence-electron chi connectivity index (χ1n) is 8.22. The standard InChI is InChI=1S/C19H22N2O5/c1-4-5-9-16(19(23)24)20-18(22)14-8-6-7-10-17(14)25-11-15-12(2)21-26-13(15)3/h4-8,10,16H,9,11H2,1-3H3,(H,20,22)(H,23,24)/b5-4+. The molecule has 0 fully saturated rings. The van der Waals surface area contributed by atoms with E-state index in [2.05, 4.69) is 10.5 Å². The lowest BCUT2D eigenvalue weighted by molar-refractivity contribution is -0.139. The van der Waals surface area contributed by atoms with E-state index in [1.165, 1.54) is 0 Å². The Balaban J connectivity index is 2.14. The third kappa shape index (κ3) is 4.72. The minimum Gasteiger partial charge on any atom is -0.488 e. The van der Waals surface area contributed by atoms with Crippen LogP contribution in [0.15, 0.2) is 40.9 Å². The van der Waals surface area contributed by atoms with Crippen LogP contribution < -0.4 is 10.1 Å². The number of hydrogen-bond donors (Lipinski definition) is 2. The fourth-order valence-electron chi connectivity index (χ4n) is 2.37. The molecule has 0 bridgehead atoms. The molecule has 0 radical (unpaired) electrons. The summed E-state index contributed by atoms with van der Waals surface area (Å²) in [7, 11) is 0. The highest BCUT2D eigenvalue weighted by Gasteiger charge is 2.21. The first-order valence-corrected chi connectivity index (χ1v) is 8.22. The van der Waals surface area contributed by atoms with Crippen LogP contribution in [0.3, 0.4) is 0 Å². The molecule has 1 amide bonds. The van der Waals surface area contributed by atoms with Gasteiger partial charge in [-0.15, -0.1) is 0 Å². The average Bonchev–Trinajstić information content (AvgIpc) is 2.94. The van der Waals surface area contributed by atoms with E-state index in [-0.39, 0.29) is 18.6 Å². The number of hydrogen-bond acceptors (Lipinski definition) is 5. The van der Waals surface area contributed by atoms with Gasteiger partial charge in [0.05, 0.1) is 16.8 Å². The Kier molecular flexibility index (Phi) is 6.54. The Bertz CT molecular complexity index is 791. The number of para-hydroxylation sites is 1. The number of aryl methyl sites for hydroxylation is 2. The summed E-state index contributed by atoms with van der Waals surface area (Å²) < 4.78 is 10.9. The Morgan fingerprint density at radius 1 is 1.35 bits per heavy atom. The lowest BCUT2D eigenvalue weighted by atomic mass is 10.1. The van der Waals surface area contributed by atoms with Gasteiger partial charge in [-0.2, -0.15) is 0 Å². The van der Waals surface area contributed by atoms with Gasteiger partial charge >= 0.3 is 5.97 Å². The highest BCUT2D eigenvalue weighted by Crippen LogP contribution is 2.21. The fourth-order valence-corrected chi connectivity index (χ4v) is 2.37. The van der Waals surface area contributed by atoms with Crippen molar-refractivity contribution in [3.8, 4) is 5.75 Å². The van der Waals surface area contributed by atoms with Crippen molar-refractivity contribution in [1.82, 2.24) is 10.5 Å². The molecule has 138 valence electrons. The van der Waals surface area contributed by atoms with Crippen LogP contribution in [0.4, 0.5) is 0 Å². The third-order valence-corrected chi connectivity index (χ3v) is 3.90. The van der Waals surface area contributed by atoms with Gasteiger partial charge < -0.3 is 19.7 Å². The molecule has 0 saturated carbocycles. The molecule has 0 saturated heterocycles. The molecule has 2 aromatic rings. The van der Waals surface area contributed by atoms with Gasteiger partial charge in [-0.3, -0.25) is 4.79 Å². The van der Waals surface area contributed by atoms with Crippen LogP contribution in [0.5, 0.6) is 5.75 Å². The van der Waals surface area contributed by atoms with Crippen molar-refractivity contribution < 1.29 is 24.0 Å². The van der Waals surface area contributed by atoms with E-state index < -0.39 is 17.9 Å². The van der Waals surface area contributed by atoms with E-state index in [1.807, 2.05) is 6.92 Å². The summed E-state index contributed by atoms with van der Waals surface area (Å²) in [5, 5.41) is 15.6. The first-order chi connectivity index (χ1) is 12.4. The molecule has 0 aliphatic rings. The molecule has 0 spiro atoms. The quantitative estimate of drug-likeness (QED) is 0.703. The maximum atomic E-state index is 12.5. The number of carboxylic acid groups (broad SMARTS) is 1. The van der Waals surface area contributed by atoms with Gasteiger partial charge in [-0.1, -0.05) is 29.4 Å². The monoisotopic (exact) mass is 358 g/mol. The summed E-state index contributed by atoms with van der Waals surface area (Å²) >= 11 is 0. The minimum absolute atomic E-state index is 0.201. The van der Waals surface area contributed by atoms with E-state index in [9.17, 15) is 14.7 Å². The normalized spacial score (nSPS) is 12.1. The number of allylic oxidation sites excluding steroid dienone is 1. The van der Waals surface area contributed by atoms with Crippen LogP contribution in [0.2, 0.25) is 0 Å². The van der Waals surface area contributed by atoms with Crippen LogP contribution in [0, 0.1) is 13.8 Å². The van der Waals surface area contributed by atoms with E-state index in [0.717, 1.165) is 11.3 Å². The number of aromatic nitrogens is 1. The van der Waals surface area contributed by atoms with E-state index >= 15 is 0 Å². The van der Waals surface area contributed by atoms with Crippen LogP contribution in [0.25, 0.3) is 0 Å². The van der Waals surface area contributed by atoms with Gasteiger partial charge in [-0.05, 0) is 39.3 Å². The molecule has 1 aromatic carbocycles. The second-order valence-electron chi connectivity index (χ2n) is 5.76. The molecular formula is C19H22N2O5. The summed E-state index contributed by atoms with van der Waals surface area (Å²) in [6.07, 6.45) is 3.64. The van der Waals surface area contributed by atoms with Crippen molar-refractivity contribution in [3.05, 3.63) is 59.0 Å². The van der Waals surface area contributed by atoms with Gasteiger partial charge in [0, 0.05) is 0 Å². The summed E-state index contributed by atoms with van der Waals surface area (Å²) in [6, 6.07) is 5.68. The Labute approximate surface area is 151 Å². The largest absolute Gasteiger partial charge is 0.488 e. The topological polar surface area (TPSA) is 102 Å². The number of amides is 1. The first kappa shape index (κ1) is 19.2. The molecule has 1 aromatic heterocycles. The van der Waals surface area contributed by atoms with Crippen molar-refractivity contribution in [1.29, 1.82) is 0 Å². The highest BCUT2D eigenvalue weighted by atomic mass is 16.5. The fraction of sp³-hybridized carbons (Fsp3) is 0.316. The number of benzene rings is 1. The van der Waals surface area contributed by atoms with Gasteiger partial charge in [-0.25, -0.2) is 4.79 Å². The number of rotatable bonds is 8. The van der Waals surface area contributed by atoms with Crippen LogP contribution >= 0.6 is 0 Å².